The van der Waals surface area contributed by atoms with Crippen LogP contribution in [0.1, 0.15) is 39.2 Å². The highest BCUT2D eigenvalue weighted by Crippen LogP contribution is 2.07. The van der Waals surface area contributed by atoms with Gasteiger partial charge in [0.1, 0.15) is 18.2 Å². The van der Waals surface area contributed by atoms with E-state index in [1.165, 1.54) is 0 Å². The third kappa shape index (κ3) is 10.2. The van der Waals surface area contributed by atoms with Crippen LogP contribution in [0.25, 0.3) is 0 Å². The molecule has 1 rings (SSSR count). The number of amides is 2. The molecule has 0 radical (unpaired) electrons. The van der Waals surface area contributed by atoms with Crippen molar-refractivity contribution in [3.63, 3.8) is 0 Å². The highest BCUT2D eigenvalue weighted by Gasteiger charge is 2.23. The van der Waals surface area contributed by atoms with E-state index < -0.39 is 30.3 Å². The van der Waals surface area contributed by atoms with Crippen LogP contribution in [-0.4, -0.2) is 47.9 Å². The van der Waals surface area contributed by atoms with E-state index in [1.807, 2.05) is 30.3 Å². The van der Waals surface area contributed by atoms with Gasteiger partial charge in [0.05, 0.1) is 6.61 Å². The van der Waals surface area contributed by atoms with Crippen molar-refractivity contribution >= 4 is 18.0 Å². The van der Waals surface area contributed by atoms with Gasteiger partial charge in [-0.3, -0.25) is 9.59 Å². The van der Waals surface area contributed by atoms with Crippen LogP contribution in [0.2, 0.25) is 0 Å². The number of hydrogen-bond acceptors (Lipinski definition) is 6. The van der Waals surface area contributed by atoms with Crippen molar-refractivity contribution in [1.29, 1.82) is 0 Å². The predicted octanol–water partition coefficient (Wildman–Crippen LogP) is 1.51. The van der Waals surface area contributed by atoms with E-state index in [0.717, 1.165) is 5.56 Å². The molecular weight excluding hydrogens is 352 g/mol. The van der Waals surface area contributed by atoms with Gasteiger partial charge in [0.2, 0.25) is 5.91 Å². The summed E-state index contributed by atoms with van der Waals surface area (Å²) in [5.41, 5.74) is 0.193. The van der Waals surface area contributed by atoms with Gasteiger partial charge in [0.25, 0.3) is 0 Å². The van der Waals surface area contributed by atoms with Gasteiger partial charge >= 0.3 is 12.1 Å². The number of ether oxygens (including phenoxy) is 2. The summed E-state index contributed by atoms with van der Waals surface area (Å²) in [6, 6.07) is 8.21. The Labute approximate surface area is 159 Å². The van der Waals surface area contributed by atoms with Crippen LogP contribution in [0.3, 0.4) is 0 Å². The van der Waals surface area contributed by atoms with Gasteiger partial charge in [0, 0.05) is 13.0 Å². The summed E-state index contributed by atoms with van der Waals surface area (Å²) in [5, 5.41) is 14.1. The summed E-state index contributed by atoms with van der Waals surface area (Å²) in [4.78, 5) is 35.3. The van der Waals surface area contributed by atoms with Crippen LogP contribution in [0, 0.1) is 0 Å². The molecule has 0 aliphatic heterocycles. The molecule has 0 saturated carbocycles. The van der Waals surface area contributed by atoms with Crippen molar-refractivity contribution < 1.29 is 29.0 Å². The summed E-state index contributed by atoms with van der Waals surface area (Å²) in [6.45, 7) is 4.93. The molecule has 150 valence electrons. The number of carbonyl (C=O) groups excluding carboxylic acids is 3. The van der Waals surface area contributed by atoms with Gasteiger partial charge in [-0.1, -0.05) is 30.3 Å². The van der Waals surface area contributed by atoms with Crippen molar-refractivity contribution in [2.24, 2.45) is 0 Å². The highest BCUT2D eigenvalue weighted by molar-refractivity contribution is 5.85. The molecule has 0 spiro atoms. The molecule has 0 aliphatic carbocycles. The van der Waals surface area contributed by atoms with Gasteiger partial charge in [-0.2, -0.15) is 0 Å². The Hall–Kier alpha value is -2.61. The van der Waals surface area contributed by atoms with E-state index >= 15 is 0 Å². The Morgan fingerprint density at radius 2 is 1.81 bits per heavy atom. The second-order valence-corrected chi connectivity index (χ2v) is 6.92. The summed E-state index contributed by atoms with van der Waals surface area (Å²) < 4.78 is 10.2. The maximum absolute atomic E-state index is 12.0. The maximum Gasteiger partial charge on any atom is 0.408 e. The maximum atomic E-state index is 12.0. The van der Waals surface area contributed by atoms with E-state index in [9.17, 15) is 19.5 Å². The standard InChI is InChI=1S/C19H28N2O6/c1-19(2,3)27-18(25)21-15(12-22)17(24)20-11-7-10-16(23)26-13-14-8-5-4-6-9-14/h4-6,8-9,15,22H,7,10-13H2,1-3H3,(H,20,24)(H,21,25)/t15-/m0/s1. The number of hydrogen-bond donors (Lipinski definition) is 3. The van der Waals surface area contributed by atoms with Crippen molar-refractivity contribution in [3.05, 3.63) is 35.9 Å². The predicted molar refractivity (Wildman–Crippen MR) is 98.7 cm³/mol. The second kappa shape index (κ2) is 11.2. The number of benzene rings is 1. The molecule has 8 nitrogen and oxygen atoms in total. The lowest BCUT2D eigenvalue weighted by Gasteiger charge is -2.22. The molecule has 0 aliphatic rings. The summed E-state index contributed by atoms with van der Waals surface area (Å²) in [6.07, 6.45) is -0.262. The number of aliphatic hydroxyl groups is 1. The van der Waals surface area contributed by atoms with Crippen LogP contribution in [-0.2, 0) is 25.7 Å². The summed E-state index contributed by atoms with van der Waals surface area (Å²) >= 11 is 0. The molecule has 0 fully saturated rings. The molecule has 1 aromatic carbocycles. The molecule has 0 unspecified atom stereocenters. The quantitative estimate of drug-likeness (QED) is 0.442. The van der Waals surface area contributed by atoms with Gasteiger partial charge in [-0.25, -0.2) is 4.79 Å². The fourth-order valence-electron chi connectivity index (χ4n) is 2.02. The van der Waals surface area contributed by atoms with Gasteiger partial charge < -0.3 is 25.2 Å². The lowest BCUT2D eigenvalue weighted by atomic mass is 10.2. The zero-order valence-corrected chi connectivity index (χ0v) is 16.0. The van der Waals surface area contributed by atoms with Crippen LogP contribution < -0.4 is 10.6 Å². The third-order valence-corrected chi connectivity index (χ3v) is 3.29. The van der Waals surface area contributed by atoms with E-state index in [-0.39, 0.29) is 25.5 Å². The van der Waals surface area contributed by atoms with Crippen LogP contribution >= 0.6 is 0 Å². The van der Waals surface area contributed by atoms with E-state index in [4.69, 9.17) is 9.47 Å². The normalized spacial score (nSPS) is 12.0. The molecule has 3 N–H and O–H groups in total. The monoisotopic (exact) mass is 380 g/mol. The van der Waals surface area contributed by atoms with E-state index in [1.54, 1.807) is 20.8 Å². The Kier molecular flexibility index (Phi) is 9.29. The van der Waals surface area contributed by atoms with Gasteiger partial charge in [-0.05, 0) is 32.8 Å². The number of alkyl carbamates (subject to hydrolysis) is 1. The fraction of sp³-hybridized carbons (Fsp3) is 0.526. The van der Waals surface area contributed by atoms with E-state index in [0.29, 0.717) is 6.42 Å². The number of nitrogens with one attached hydrogen (secondary N) is 2. The van der Waals surface area contributed by atoms with Gasteiger partial charge in [-0.15, -0.1) is 0 Å². The average molecular weight is 380 g/mol. The molecule has 0 aromatic heterocycles. The molecule has 8 heteroatoms. The Morgan fingerprint density at radius 1 is 1.15 bits per heavy atom. The van der Waals surface area contributed by atoms with E-state index in [2.05, 4.69) is 10.6 Å². The van der Waals surface area contributed by atoms with Crippen molar-refractivity contribution in [2.45, 2.75) is 51.9 Å². The minimum Gasteiger partial charge on any atom is -0.461 e. The smallest absolute Gasteiger partial charge is 0.408 e. The fourth-order valence-corrected chi connectivity index (χ4v) is 2.02. The zero-order chi connectivity index (χ0) is 20.3. The van der Waals surface area contributed by atoms with Crippen molar-refractivity contribution in [3.8, 4) is 0 Å². The molecule has 0 saturated heterocycles. The lowest BCUT2D eigenvalue weighted by Crippen LogP contribution is -2.50. The second-order valence-electron chi connectivity index (χ2n) is 6.92. The molecule has 27 heavy (non-hydrogen) atoms. The number of esters is 1. The first-order valence-corrected chi connectivity index (χ1v) is 8.79. The Balaban J connectivity index is 2.24. The summed E-state index contributed by atoms with van der Waals surface area (Å²) in [5.74, 6) is -0.917. The SMILES string of the molecule is CC(C)(C)OC(=O)N[C@@H](CO)C(=O)NCCCC(=O)OCc1ccccc1. The first kappa shape index (κ1) is 22.4. The Bertz CT molecular complexity index is 612. The third-order valence-electron chi connectivity index (χ3n) is 3.29. The molecule has 0 bridgehead atoms. The van der Waals surface area contributed by atoms with Crippen molar-refractivity contribution in [1.82, 2.24) is 10.6 Å². The topological polar surface area (TPSA) is 114 Å². The van der Waals surface area contributed by atoms with Crippen LogP contribution in [0.4, 0.5) is 4.79 Å². The number of aliphatic hydroxyl groups excluding tert-OH is 1. The number of carbonyl (C=O) groups is 3. The van der Waals surface area contributed by atoms with Crippen molar-refractivity contribution in [2.75, 3.05) is 13.2 Å². The number of rotatable bonds is 9. The first-order chi connectivity index (χ1) is 12.7. The molecule has 0 heterocycles. The minimum atomic E-state index is -1.12. The van der Waals surface area contributed by atoms with Gasteiger partial charge in [0.15, 0.2) is 0 Å². The molecule has 1 atom stereocenters. The minimum absolute atomic E-state index is 0.149. The largest absolute Gasteiger partial charge is 0.461 e. The van der Waals surface area contributed by atoms with Crippen LogP contribution in [0.5, 0.6) is 0 Å². The highest BCUT2D eigenvalue weighted by atomic mass is 16.6. The molecule has 1 aromatic rings. The average Bonchev–Trinajstić information content (AvgIpc) is 2.60. The molecular formula is C19H28N2O6. The molecule has 2 amide bonds. The first-order valence-electron chi connectivity index (χ1n) is 8.79. The Morgan fingerprint density at radius 3 is 2.41 bits per heavy atom. The van der Waals surface area contributed by atoms with Crippen LogP contribution in [0.15, 0.2) is 30.3 Å². The zero-order valence-electron chi connectivity index (χ0n) is 16.0. The lowest BCUT2D eigenvalue weighted by molar-refractivity contribution is -0.145. The summed E-state index contributed by atoms with van der Waals surface area (Å²) in [7, 11) is 0.